The summed E-state index contributed by atoms with van der Waals surface area (Å²) in [4.78, 5) is 12.1. The Labute approximate surface area is 130 Å². The molecule has 22 heavy (non-hydrogen) atoms. The molecule has 2 saturated carbocycles. The van der Waals surface area contributed by atoms with E-state index in [2.05, 4.69) is 5.32 Å². The highest BCUT2D eigenvalue weighted by molar-refractivity contribution is 5.78. The van der Waals surface area contributed by atoms with Crippen molar-refractivity contribution >= 4 is 5.91 Å². The van der Waals surface area contributed by atoms with E-state index in [1.165, 1.54) is 18.6 Å². The number of carbonyl (C=O) groups excluding carboxylic acids is 1. The van der Waals surface area contributed by atoms with Crippen molar-refractivity contribution in [1.29, 1.82) is 0 Å². The first-order valence-electron chi connectivity index (χ1n) is 8.05. The van der Waals surface area contributed by atoms with Crippen LogP contribution in [0.5, 0.6) is 5.75 Å². The predicted octanol–water partition coefficient (Wildman–Crippen LogP) is 2.23. The molecular weight excluding hydrogens is 283 g/mol. The molecule has 2 bridgehead atoms. The summed E-state index contributed by atoms with van der Waals surface area (Å²) in [5.41, 5.74) is 6.09. The highest BCUT2D eigenvalue weighted by Crippen LogP contribution is 2.39. The molecule has 1 aromatic carbocycles. The lowest BCUT2D eigenvalue weighted by Crippen LogP contribution is -2.54. The second-order valence-electron chi connectivity index (χ2n) is 6.52. The molecule has 0 saturated heterocycles. The molecule has 0 spiro atoms. The SMILES string of the molecule is NC1CC2CCCC(C1)C2NC(=O)COc1cccc(F)c1. The molecule has 2 fully saturated rings. The number of amides is 1. The van der Waals surface area contributed by atoms with Crippen LogP contribution in [-0.2, 0) is 4.79 Å². The van der Waals surface area contributed by atoms with Gasteiger partial charge in [-0.05, 0) is 49.7 Å². The molecule has 0 aliphatic heterocycles. The van der Waals surface area contributed by atoms with Gasteiger partial charge in [-0.25, -0.2) is 4.39 Å². The molecule has 120 valence electrons. The Hall–Kier alpha value is -1.62. The van der Waals surface area contributed by atoms with Gasteiger partial charge in [-0.1, -0.05) is 12.5 Å². The predicted molar refractivity (Wildman–Crippen MR) is 81.9 cm³/mol. The normalized spacial score (nSPS) is 30.6. The van der Waals surface area contributed by atoms with Crippen LogP contribution in [0.3, 0.4) is 0 Å². The van der Waals surface area contributed by atoms with Gasteiger partial charge in [-0.15, -0.1) is 0 Å². The summed E-state index contributed by atoms with van der Waals surface area (Å²) in [6.45, 7) is -0.0779. The van der Waals surface area contributed by atoms with Crippen molar-refractivity contribution in [3.63, 3.8) is 0 Å². The van der Waals surface area contributed by atoms with E-state index in [4.69, 9.17) is 10.5 Å². The lowest BCUT2D eigenvalue weighted by molar-refractivity contribution is -0.125. The monoisotopic (exact) mass is 306 g/mol. The largest absolute Gasteiger partial charge is 0.484 e. The van der Waals surface area contributed by atoms with E-state index >= 15 is 0 Å². The first kappa shape index (κ1) is 15.3. The topological polar surface area (TPSA) is 64.3 Å². The Bertz CT molecular complexity index is 523. The summed E-state index contributed by atoms with van der Waals surface area (Å²) in [5, 5.41) is 3.11. The minimum atomic E-state index is -0.367. The third kappa shape index (κ3) is 3.58. The van der Waals surface area contributed by atoms with Gasteiger partial charge in [0.1, 0.15) is 11.6 Å². The van der Waals surface area contributed by atoms with Gasteiger partial charge in [0, 0.05) is 18.2 Å². The minimum Gasteiger partial charge on any atom is -0.484 e. The molecule has 1 amide bonds. The van der Waals surface area contributed by atoms with E-state index in [-0.39, 0.29) is 30.4 Å². The summed E-state index contributed by atoms with van der Waals surface area (Å²) < 4.78 is 18.4. The van der Waals surface area contributed by atoms with Crippen LogP contribution in [0.4, 0.5) is 4.39 Å². The number of rotatable bonds is 4. The Morgan fingerprint density at radius 2 is 2.05 bits per heavy atom. The molecule has 0 aromatic heterocycles. The Morgan fingerprint density at radius 1 is 1.32 bits per heavy atom. The number of carbonyl (C=O) groups is 1. The number of ether oxygens (including phenoxy) is 1. The Morgan fingerprint density at radius 3 is 2.73 bits per heavy atom. The quantitative estimate of drug-likeness (QED) is 0.896. The van der Waals surface area contributed by atoms with Gasteiger partial charge in [-0.2, -0.15) is 0 Å². The van der Waals surface area contributed by atoms with Crippen molar-refractivity contribution < 1.29 is 13.9 Å². The van der Waals surface area contributed by atoms with Crippen LogP contribution in [-0.4, -0.2) is 24.6 Å². The highest BCUT2D eigenvalue weighted by Gasteiger charge is 2.39. The zero-order chi connectivity index (χ0) is 15.5. The van der Waals surface area contributed by atoms with E-state index in [1.807, 2.05) is 0 Å². The molecule has 4 nitrogen and oxygen atoms in total. The Kier molecular flexibility index (Phi) is 4.62. The average Bonchev–Trinajstić information content (AvgIpc) is 2.46. The molecule has 2 aliphatic rings. The van der Waals surface area contributed by atoms with Crippen LogP contribution in [0.2, 0.25) is 0 Å². The molecule has 0 radical (unpaired) electrons. The third-order valence-electron chi connectivity index (χ3n) is 4.87. The van der Waals surface area contributed by atoms with Crippen LogP contribution >= 0.6 is 0 Å². The molecule has 1 aromatic rings. The van der Waals surface area contributed by atoms with E-state index in [0.29, 0.717) is 17.6 Å². The second-order valence-corrected chi connectivity index (χ2v) is 6.52. The standard InChI is InChI=1S/C17H23FN2O2/c18-13-5-2-6-15(9-13)22-10-16(21)20-17-11-3-1-4-12(17)8-14(19)7-11/h2,5-6,9,11-12,14,17H,1,3-4,7-8,10,19H2,(H,20,21). The van der Waals surface area contributed by atoms with Gasteiger partial charge in [0.2, 0.25) is 0 Å². The molecule has 3 rings (SSSR count). The van der Waals surface area contributed by atoms with Crippen LogP contribution in [0.15, 0.2) is 24.3 Å². The van der Waals surface area contributed by atoms with Crippen LogP contribution < -0.4 is 15.8 Å². The number of hydrogen-bond acceptors (Lipinski definition) is 3. The number of hydrogen-bond donors (Lipinski definition) is 2. The van der Waals surface area contributed by atoms with Crippen LogP contribution in [0, 0.1) is 17.7 Å². The maximum atomic E-state index is 13.1. The average molecular weight is 306 g/mol. The summed E-state index contributed by atoms with van der Waals surface area (Å²) >= 11 is 0. The van der Waals surface area contributed by atoms with Crippen LogP contribution in [0.25, 0.3) is 0 Å². The van der Waals surface area contributed by atoms with Gasteiger partial charge >= 0.3 is 0 Å². The molecule has 5 heteroatoms. The molecule has 2 aliphatic carbocycles. The van der Waals surface area contributed by atoms with Crippen LogP contribution in [0.1, 0.15) is 32.1 Å². The smallest absolute Gasteiger partial charge is 0.258 e. The summed E-state index contributed by atoms with van der Waals surface area (Å²) in [6, 6.07) is 6.32. The molecular formula is C17H23FN2O2. The molecule has 0 heterocycles. The number of nitrogens with two attached hydrogens (primary N) is 1. The summed E-state index contributed by atoms with van der Waals surface area (Å²) in [7, 11) is 0. The molecule has 3 N–H and O–H groups in total. The van der Waals surface area contributed by atoms with E-state index in [1.54, 1.807) is 12.1 Å². The van der Waals surface area contributed by atoms with Gasteiger partial charge in [0.25, 0.3) is 5.91 Å². The van der Waals surface area contributed by atoms with E-state index < -0.39 is 0 Å². The van der Waals surface area contributed by atoms with Crippen molar-refractivity contribution in [2.75, 3.05) is 6.61 Å². The second kappa shape index (κ2) is 6.65. The summed E-state index contributed by atoms with van der Waals surface area (Å²) in [6.07, 6.45) is 5.49. The maximum absolute atomic E-state index is 13.1. The van der Waals surface area contributed by atoms with Crippen molar-refractivity contribution in [2.24, 2.45) is 17.6 Å². The van der Waals surface area contributed by atoms with Gasteiger partial charge < -0.3 is 15.8 Å². The van der Waals surface area contributed by atoms with E-state index in [9.17, 15) is 9.18 Å². The fraction of sp³-hybridized carbons (Fsp3) is 0.588. The number of nitrogens with one attached hydrogen (secondary N) is 1. The third-order valence-corrected chi connectivity index (χ3v) is 4.87. The number of benzene rings is 1. The van der Waals surface area contributed by atoms with E-state index in [0.717, 1.165) is 25.7 Å². The summed E-state index contributed by atoms with van der Waals surface area (Å²) in [5.74, 6) is 0.845. The fourth-order valence-corrected chi connectivity index (χ4v) is 3.96. The number of fused-ring (bicyclic) bond motifs is 2. The zero-order valence-corrected chi connectivity index (χ0v) is 12.6. The van der Waals surface area contributed by atoms with Crippen molar-refractivity contribution in [2.45, 2.75) is 44.2 Å². The first-order valence-corrected chi connectivity index (χ1v) is 8.05. The molecule has 2 atom stereocenters. The molecule has 2 unspecified atom stereocenters. The maximum Gasteiger partial charge on any atom is 0.258 e. The van der Waals surface area contributed by atoms with Gasteiger partial charge in [-0.3, -0.25) is 4.79 Å². The van der Waals surface area contributed by atoms with Crippen molar-refractivity contribution in [3.8, 4) is 5.75 Å². The lowest BCUT2D eigenvalue weighted by atomic mass is 9.67. The minimum absolute atomic E-state index is 0.0779. The first-order chi connectivity index (χ1) is 10.6. The van der Waals surface area contributed by atoms with Crippen molar-refractivity contribution in [1.82, 2.24) is 5.32 Å². The zero-order valence-electron chi connectivity index (χ0n) is 12.6. The van der Waals surface area contributed by atoms with Gasteiger partial charge in [0.05, 0.1) is 0 Å². The van der Waals surface area contributed by atoms with Gasteiger partial charge in [0.15, 0.2) is 6.61 Å². The highest BCUT2D eigenvalue weighted by atomic mass is 19.1. The van der Waals surface area contributed by atoms with Crippen molar-refractivity contribution in [3.05, 3.63) is 30.1 Å². The lowest BCUT2D eigenvalue weighted by Gasteiger charge is -2.45. The number of halogens is 1. The fourth-order valence-electron chi connectivity index (χ4n) is 3.96. The Balaban J connectivity index is 1.53.